The van der Waals surface area contributed by atoms with E-state index in [0.29, 0.717) is 25.7 Å². The van der Waals surface area contributed by atoms with Gasteiger partial charge in [-0.25, -0.2) is 0 Å². The summed E-state index contributed by atoms with van der Waals surface area (Å²) >= 11 is 0. The molecule has 0 aliphatic carbocycles. The predicted octanol–water partition coefficient (Wildman–Crippen LogP) is -4.05. The zero-order valence-electron chi connectivity index (χ0n) is 19.6. The van der Waals surface area contributed by atoms with Crippen molar-refractivity contribution in [2.75, 3.05) is 0 Å². The Hall–Kier alpha value is 0.0448. The number of aliphatic carboxylic acids is 2. The van der Waals surface area contributed by atoms with Crippen molar-refractivity contribution >= 4 is 22.1 Å². The zero-order valence-corrected chi connectivity index (χ0v) is 20.4. The van der Waals surface area contributed by atoms with Gasteiger partial charge in [-0.2, -0.15) is 8.42 Å². The molecule has 0 amide bonds. The molecule has 3 atom stereocenters. The first kappa shape index (κ1) is 34.7. The van der Waals surface area contributed by atoms with Crippen LogP contribution in [-0.4, -0.2) is 30.2 Å². The van der Waals surface area contributed by atoms with Gasteiger partial charge in [-0.05, 0) is 24.7 Å². The van der Waals surface area contributed by atoms with E-state index in [-0.39, 0.29) is 62.4 Å². The average molecular weight is 434 g/mol. The number of hydrogen-bond donors (Lipinski definition) is 1. The minimum absolute atomic E-state index is 0. The molecule has 0 saturated heterocycles. The molecule has 0 radical (unpaired) electrons. The standard InChI is InChI=1S/C20H38O7S.2Li/c1-5-9-11-15(7-3)13-20(19(23)24,14-16(8-4)12-10-6-2)17(18(21)22)28(25,26)27;;/h15-17H,5-14H2,1-4H3,(H,21,22)(H,23,24)(H,25,26,27);;/q;2*+1/p-2. The van der Waals surface area contributed by atoms with Crippen molar-refractivity contribution in [3.63, 3.8) is 0 Å². The Balaban J connectivity index is -0.00000364. The van der Waals surface area contributed by atoms with Crippen molar-refractivity contribution in [1.29, 1.82) is 0 Å². The van der Waals surface area contributed by atoms with Gasteiger partial charge in [0.25, 0.3) is 10.1 Å². The molecule has 7 nitrogen and oxygen atoms in total. The maximum Gasteiger partial charge on any atom is 1.00 e. The van der Waals surface area contributed by atoms with Crippen molar-refractivity contribution in [3.05, 3.63) is 0 Å². The number of carbonyl (C=O) groups is 2. The smallest absolute Gasteiger partial charge is 0.549 e. The van der Waals surface area contributed by atoms with Gasteiger partial charge >= 0.3 is 37.7 Å². The fourth-order valence-electron chi connectivity index (χ4n) is 4.12. The quantitative estimate of drug-likeness (QED) is 0.193. The van der Waals surface area contributed by atoms with Crippen LogP contribution >= 0.6 is 0 Å². The van der Waals surface area contributed by atoms with Crippen LogP contribution in [-0.2, 0) is 19.7 Å². The predicted molar refractivity (Wildman–Crippen MR) is 104 cm³/mol. The summed E-state index contributed by atoms with van der Waals surface area (Å²) in [5, 5.41) is 21.5. The van der Waals surface area contributed by atoms with Crippen molar-refractivity contribution in [3.8, 4) is 0 Å². The summed E-state index contributed by atoms with van der Waals surface area (Å²) < 4.78 is 33.5. The number of carboxylic acids is 2. The van der Waals surface area contributed by atoms with Crippen molar-refractivity contribution in [2.24, 2.45) is 17.3 Å². The minimum atomic E-state index is -5.20. The molecule has 30 heavy (non-hydrogen) atoms. The minimum Gasteiger partial charge on any atom is -0.549 e. The zero-order chi connectivity index (χ0) is 22.0. The van der Waals surface area contributed by atoms with E-state index in [1.54, 1.807) is 0 Å². The Morgan fingerprint density at radius 3 is 1.43 bits per heavy atom. The Morgan fingerprint density at radius 2 is 1.23 bits per heavy atom. The summed E-state index contributed by atoms with van der Waals surface area (Å²) in [5.74, 6) is -4.22. The fraction of sp³-hybridized carbons (Fsp3) is 0.900. The van der Waals surface area contributed by atoms with E-state index < -0.39 is 32.7 Å². The Morgan fingerprint density at radius 1 is 0.867 bits per heavy atom. The maximum atomic E-state index is 12.3. The third-order valence-electron chi connectivity index (χ3n) is 5.81. The Labute approximate surface area is 206 Å². The van der Waals surface area contributed by atoms with Crippen LogP contribution in [0, 0.1) is 17.3 Å². The summed E-state index contributed by atoms with van der Waals surface area (Å²) in [5.41, 5.74) is -2.23. The summed E-state index contributed by atoms with van der Waals surface area (Å²) in [6, 6.07) is 0. The van der Waals surface area contributed by atoms with E-state index in [0.717, 1.165) is 25.7 Å². The van der Waals surface area contributed by atoms with E-state index >= 15 is 0 Å². The first-order chi connectivity index (χ1) is 13.0. The van der Waals surface area contributed by atoms with E-state index in [9.17, 15) is 32.8 Å². The first-order valence-corrected chi connectivity index (χ1v) is 11.9. The van der Waals surface area contributed by atoms with Gasteiger partial charge in [-0.15, -0.1) is 0 Å². The Kier molecular flexibility index (Phi) is 19.2. The molecule has 0 aliphatic rings. The van der Waals surface area contributed by atoms with Crippen LogP contribution in [0.15, 0.2) is 0 Å². The van der Waals surface area contributed by atoms with Crippen LogP contribution in [0.25, 0.3) is 0 Å². The SMILES string of the molecule is CCCCC(CC)CC(CC(CC)CCCC)(C(=O)[O-])C(C(=O)[O-])S(=O)(=O)O.[Li+].[Li+]. The van der Waals surface area contributed by atoms with Crippen LogP contribution in [0.3, 0.4) is 0 Å². The number of rotatable bonds is 16. The van der Waals surface area contributed by atoms with Crippen LogP contribution in [0.4, 0.5) is 0 Å². The van der Waals surface area contributed by atoms with E-state index in [1.165, 1.54) is 0 Å². The second kappa shape index (κ2) is 16.6. The van der Waals surface area contributed by atoms with Crippen molar-refractivity contribution in [2.45, 2.75) is 97.2 Å². The molecule has 0 fully saturated rings. The molecule has 0 heterocycles. The molecule has 0 aromatic carbocycles. The summed E-state index contributed by atoms with van der Waals surface area (Å²) in [4.78, 5) is 24.0. The summed E-state index contributed by atoms with van der Waals surface area (Å²) in [6.45, 7) is 7.68. The topological polar surface area (TPSA) is 135 Å². The molecule has 0 aromatic heterocycles. The van der Waals surface area contributed by atoms with E-state index in [1.807, 2.05) is 27.7 Å². The van der Waals surface area contributed by atoms with Crippen LogP contribution in [0.2, 0.25) is 0 Å². The van der Waals surface area contributed by atoms with Crippen molar-refractivity contribution in [1.82, 2.24) is 0 Å². The third kappa shape index (κ3) is 10.6. The van der Waals surface area contributed by atoms with Gasteiger partial charge in [0.1, 0.15) is 5.25 Å². The number of carboxylic acid groups (broad SMARTS) is 2. The van der Waals surface area contributed by atoms with E-state index in [2.05, 4.69) is 0 Å². The monoisotopic (exact) mass is 434 g/mol. The number of hydrogen-bond acceptors (Lipinski definition) is 6. The van der Waals surface area contributed by atoms with Gasteiger partial charge in [0.15, 0.2) is 0 Å². The Bertz CT molecular complexity index is 578. The van der Waals surface area contributed by atoms with Gasteiger partial charge in [0, 0.05) is 11.4 Å². The second-order valence-electron chi connectivity index (χ2n) is 7.90. The molecule has 0 rings (SSSR count). The van der Waals surface area contributed by atoms with Crippen LogP contribution in [0.1, 0.15) is 91.9 Å². The third-order valence-corrected chi connectivity index (χ3v) is 7.05. The van der Waals surface area contributed by atoms with Gasteiger partial charge in [-0.3, -0.25) is 4.55 Å². The molecule has 0 saturated carbocycles. The molecular formula is C20H36Li2O7S. The molecule has 0 bridgehead atoms. The van der Waals surface area contributed by atoms with Crippen LogP contribution in [0.5, 0.6) is 0 Å². The molecule has 166 valence electrons. The largest absolute Gasteiger partial charge is 1.00 e. The normalized spacial score (nSPS) is 16.3. The summed E-state index contributed by atoms with van der Waals surface area (Å²) in [6.07, 6.45) is 5.50. The molecule has 3 unspecified atom stereocenters. The molecule has 1 N–H and O–H groups in total. The number of unbranched alkanes of at least 4 members (excludes halogenated alkanes) is 2. The fourth-order valence-corrected chi connectivity index (χ4v) is 5.22. The van der Waals surface area contributed by atoms with Gasteiger partial charge < -0.3 is 19.8 Å². The van der Waals surface area contributed by atoms with Gasteiger partial charge in [0.05, 0.1) is 5.97 Å². The van der Waals surface area contributed by atoms with Gasteiger partial charge in [-0.1, -0.05) is 79.1 Å². The van der Waals surface area contributed by atoms with Crippen LogP contribution < -0.4 is 47.9 Å². The maximum absolute atomic E-state index is 12.3. The van der Waals surface area contributed by atoms with Gasteiger partial charge in [0.2, 0.25) is 0 Å². The van der Waals surface area contributed by atoms with Crippen molar-refractivity contribution < 1.29 is 70.5 Å². The van der Waals surface area contributed by atoms with E-state index in [4.69, 9.17) is 0 Å². The number of carbonyl (C=O) groups excluding carboxylic acids is 2. The molecule has 0 aliphatic heterocycles. The molecule has 0 aromatic rings. The first-order valence-electron chi connectivity index (χ1n) is 10.4. The second-order valence-corrected chi connectivity index (χ2v) is 9.40. The molecule has 0 spiro atoms. The summed E-state index contributed by atoms with van der Waals surface area (Å²) in [7, 11) is -5.20. The average Bonchev–Trinajstić information content (AvgIpc) is 2.59. The molecular weight excluding hydrogens is 398 g/mol. The molecule has 10 heteroatoms.